The zero-order valence-corrected chi connectivity index (χ0v) is 16.7. The van der Waals surface area contributed by atoms with Crippen LogP contribution in [0.25, 0.3) is 33.4 Å². The molecule has 0 saturated carbocycles. The molecule has 0 aliphatic carbocycles. The summed E-state index contributed by atoms with van der Waals surface area (Å²) in [4.78, 5) is 16.9. The second-order valence-corrected chi connectivity index (χ2v) is 6.91. The fourth-order valence-corrected chi connectivity index (χ4v) is 3.51. The van der Waals surface area contributed by atoms with Crippen LogP contribution in [0.15, 0.2) is 67.1 Å². The average Bonchev–Trinajstić information content (AvgIpc) is 3.17. The topological polar surface area (TPSA) is 79.4 Å². The fraction of sp³-hybridized carbons (Fsp3) is 0.167. The summed E-state index contributed by atoms with van der Waals surface area (Å²) in [7, 11) is 1.60. The van der Waals surface area contributed by atoms with Gasteiger partial charge in [0, 0.05) is 47.7 Å². The van der Waals surface area contributed by atoms with Gasteiger partial charge >= 0.3 is 0 Å². The van der Waals surface area contributed by atoms with E-state index in [4.69, 9.17) is 15.2 Å². The van der Waals surface area contributed by atoms with E-state index >= 15 is 0 Å². The van der Waals surface area contributed by atoms with Gasteiger partial charge in [-0.2, -0.15) is 0 Å². The number of ether oxygens (including phenoxy) is 2. The molecule has 0 amide bonds. The Balaban J connectivity index is 1.72. The molecule has 4 rings (SSSR count). The zero-order valence-electron chi connectivity index (χ0n) is 16.7. The lowest BCUT2D eigenvalue weighted by Crippen LogP contribution is -2.18. The Morgan fingerprint density at radius 2 is 1.97 bits per heavy atom. The van der Waals surface area contributed by atoms with Crippen molar-refractivity contribution in [1.29, 1.82) is 0 Å². The molecule has 0 radical (unpaired) electrons. The predicted octanol–water partition coefficient (Wildman–Crippen LogP) is 3.95. The van der Waals surface area contributed by atoms with Gasteiger partial charge in [0.15, 0.2) is 0 Å². The standard InChI is InChI=1S/C24H23N3O3/c1-29-11-12-30-16-24(28)27-15-21(20-7-2-3-8-23(20)27)22(25)13-17-5-4-6-18-14-26-10-9-19(17)18/h2-10,13-15H,11-12,16,25H2,1H3/b22-13-. The lowest BCUT2D eigenvalue weighted by Gasteiger charge is -2.05. The van der Waals surface area contributed by atoms with Crippen LogP contribution in [-0.4, -0.2) is 42.4 Å². The first-order valence-corrected chi connectivity index (χ1v) is 9.69. The van der Waals surface area contributed by atoms with Gasteiger partial charge in [-0.05, 0) is 29.2 Å². The number of nitrogens with two attached hydrogens (primary N) is 1. The highest BCUT2D eigenvalue weighted by atomic mass is 16.5. The zero-order chi connectivity index (χ0) is 20.9. The molecule has 0 aliphatic heterocycles. The summed E-state index contributed by atoms with van der Waals surface area (Å²) < 4.78 is 12.0. The molecule has 6 nitrogen and oxygen atoms in total. The van der Waals surface area contributed by atoms with Crippen molar-refractivity contribution in [2.45, 2.75) is 0 Å². The molecule has 30 heavy (non-hydrogen) atoms. The van der Waals surface area contributed by atoms with Crippen molar-refractivity contribution in [3.8, 4) is 0 Å². The van der Waals surface area contributed by atoms with Crippen molar-refractivity contribution in [2.24, 2.45) is 5.73 Å². The smallest absolute Gasteiger partial charge is 0.257 e. The van der Waals surface area contributed by atoms with Gasteiger partial charge in [0.25, 0.3) is 5.91 Å². The molecule has 152 valence electrons. The number of hydrogen-bond donors (Lipinski definition) is 1. The third kappa shape index (κ3) is 3.96. The van der Waals surface area contributed by atoms with E-state index in [9.17, 15) is 4.79 Å². The maximum Gasteiger partial charge on any atom is 0.257 e. The van der Waals surface area contributed by atoms with E-state index in [0.29, 0.717) is 18.9 Å². The summed E-state index contributed by atoms with van der Waals surface area (Å²) in [5.74, 6) is -0.155. The van der Waals surface area contributed by atoms with E-state index < -0.39 is 0 Å². The molecule has 2 N–H and O–H groups in total. The molecule has 2 aromatic heterocycles. The summed E-state index contributed by atoms with van der Waals surface area (Å²) in [6.45, 7) is 0.787. The summed E-state index contributed by atoms with van der Waals surface area (Å²) in [6, 6.07) is 15.7. The average molecular weight is 401 g/mol. The van der Waals surface area contributed by atoms with Crippen molar-refractivity contribution in [3.05, 3.63) is 78.2 Å². The van der Waals surface area contributed by atoms with Crippen molar-refractivity contribution >= 4 is 39.4 Å². The van der Waals surface area contributed by atoms with E-state index in [-0.39, 0.29) is 12.5 Å². The monoisotopic (exact) mass is 401 g/mol. The van der Waals surface area contributed by atoms with Crippen LogP contribution in [0.2, 0.25) is 0 Å². The Morgan fingerprint density at radius 1 is 1.10 bits per heavy atom. The van der Waals surface area contributed by atoms with Crippen LogP contribution in [0.1, 0.15) is 15.9 Å². The molecular weight excluding hydrogens is 378 g/mol. The number of hydrogen-bond acceptors (Lipinski definition) is 5. The maximum atomic E-state index is 12.7. The molecule has 0 unspecified atom stereocenters. The molecule has 0 spiro atoms. The number of carbonyl (C=O) groups is 1. The van der Waals surface area contributed by atoms with Gasteiger partial charge in [0.1, 0.15) is 6.61 Å². The summed E-state index contributed by atoms with van der Waals surface area (Å²) >= 11 is 0. The third-order valence-electron chi connectivity index (χ3n) is 4.97. The molecule has 6 heteroatoms. The molecule has 0 fully saturated rings. The quantitative estimate of drug-likeness (QED) is 0.474. The summed E-state index contributed by atoms with van der Waals surface area (Å²) in [5, 5.41) is 3.03. The highest BCUT2D eigenvalue weighted by Gasteiger charge is 2.15. The second kappa shape index (κ2) is 8.90. The van der Waals surface area contributed by atoms with Crippen LogP contribution in [-0.2, 0) is 9.47 Å². The SMILES string of the molecule is COCCOCC(=O)n1cc(/C(N)=C/c2cccc3cnccc23)c2ccccc21. The molecule has 0 aliphatic rings. The van der Waals surface area contributed by atoms with E-state index in [0.717, 1.165) is 32.8 Å². The van der Waals surface area contributed by atoms with Gasteiger partial charge in [-0.25, -0.2) is 0 Å². The molecule has 2 aromatic carbocycles. The molecule has 0 saturated heterocycles. The van der Waals surface area contributed by atoms with Crippen molar-refractivity contribution < 1.29 is 14.3 Å². The van der Waals surface area contributed by atoms with E-state index in [1.165, 1.54) is 0 Å². The van der Waals surface area contributed by atoms with Crippen molar-refractivity contribution in [2.75, 3.05) is 26.9 Å². The number of para-hydroxylation sites is 1. The number of rotatable bonds is 7. The van der Waals surface area contributed by atoms with Crippen molar-refractivity contribution in [3.63, 3.8) is 0 Å². The van der Waals surface area contributed by atoms with E-state index in [1.807, 2.05) is 60.8 Å². The minimum absolute atomic E-state index is 0.0264. The summed E-state index contributed by atoms with van der Waals surface area (Å²) in [5.41, 5.74) is 9.70. The van der Waals surface area contributed by atoms with Gasteiger partial charge in [-0.1, -0.05) is 36.4 Å². The Kier molecular flexibility index (Phi) is 5.88. The number of aromatic nitrogens is 2. The van der Waals surface area contributed by atoms with Crippen LogP contribution in [0, 0.1) is 0 Å². The molecule has 0 bridgehead atoms. The number of fused-ring (bicyclic) bond motifs is 2. The van der Waals surface area contributed by atoms with Crippen LogP contribution in [0.4, 0.5) is 0 Å². The van der Waals surface area contributed by atoms with Gasteiger partial charge in [0.2, 0.25) is 0 Å². The van der Waals surface area contributed by atoms with Gasteiger partial charge in [-0.3, -0.25) is 14.3 Å². The van der Waals surface area contributed by atoms with Gasteiger partial charge in [-0.15, -0.1) is 0 Å². The number of nitrogens with zero attached hydrogens (tertiary/aromatic N) is 2. The largest absolute Gasteiger partial charge is 0.398 e. The van der Waals surface area contributed by atoms with Crippen LogP contribution in [0.5, 0.6) is 0 Å². The number of methoxy groups -OCH3 is 1. The number of benzene rings is 2. The number of pyridine rings is 1. The normalized spacial score (nSPS) is 12.0. The number of carbonyl (C=O) groups excluding carboxylic acids is 1. The first-order valence-electron chi connectivity index (χ1n) is 9.69. The first-order chi connectivity index (χ1) is 14.7. The lowest BCUT2D eigenvalue weighted by molar-refractivity contribution is 0.0519. The van der Waals surface area contributed by atoms with E-state index in [2.05, 4.69) is 4.98 Å². The van der Waals surface area contributed by atoms with Crippen molar-refractivity contribution in [1.82, 2.24) is 9.55 Å². The third-order valence-corrected chi connectivity index (χ3v) is 4.97. The summed E-state index contributed by atoms with van der Waals surface area (Å²) in [6.07, 6.45) is 7.32. The van der Waals surface area contributed by atoms with Crippen LogP contribution < -0.4 is 5.73 Å². The second-order valence-electron chi connectivity index (χ2n) is 6.91. The minimum atomic E-state index is -0.155. The predicted molar refractivity (Wildman–Crippen MR) is 119 cm³/mol. The van der Waals surface area contributed by atoms with Crippen LogP contribution in [0.3, 0.4) is 0 Å². The Labute approximate surface area is 174 Å². The Bertz CT molecular complexity index is 1220. The maximum absolute atomic E-state index is 12.7. The van der Waals surface area contributed by atoms with Gasteiger partial charge < -0.3 is 15.2 Å². The van der Waals surface area contributed by atoms with E-state index in [1.54, 1.807) is 24.1 Å². The lowest BCUT2D eigenvalue weighted by atomic mass is 10.0. The highest BCUT2D eigenvalue weighted by Crippen LogP contribution is 2.28. The molecule has 4 aromatic rings. The first kappa shape index (κ1) is 19.8. The van der Waals surface area contributed by atoms with Gasteiger partial charge in [0.05, 0.1) is 18.7 Å². The minimum Gasteiger partial charge on any atom is -0.398 e. The fourth-order valence-electron chi connectivity index (χ4n) is 3.51. The Morgan fingerprint density at radius 3 is 2.83 bits per heavy atom. The highest BCUT2D eigenvalue weighted by molar-refractivity contribution is 6.03. The van der Waals surface area contributed by atoms with Crippen LogP contribution >= 0.6 is 0 Å². The molecular formula is C24H23N3O3. The Hall–Kier alpha value is -3.48. The molecule has 2 heterocycles. The molecule has 0 atom stereocenters.